The molecule has 1 aliphatic heterocycles. The van der Waals surface area contributed by atoms with Gasteiger partial charge in [-0.25, -0.2) is 4.98 Å². The van der Waals surface area contributed by atoms with Crippen molar-refractivity contribution in [2.75, 3.05) is 43.4 Å². The molecule has 128 valence electrons. The number of rotatable bonds is 3. The van der Waals surface area contributed by atoms with Crippen molar-refractivity contribution < 1.29 is 14.4 Å². The maximum absolute atomic E-state index is 12.3. The van der Waals surface area contributed by atoms with Crippen LogP contribution in [0.25, 0.3) is 0 Å². The summed E-state index contributed by atoms with van der Waals surface area (Å²) in [6.07, 6.45) is 2.54. The highest BCUT2D eigenvalue weighted by atomic mass is 16.5. The van der Waals surface area contributed by atoms with Crippen molar-refractivity contribution in [1.82, 2.24) is 19.6 Å². The number of nitrogens with one attached hydrogen (secondary N) is 1. The van der Waals surface area contributed by atoms with E-state index in [4.69, 9.17) is 0 Å². The van der Waals surface area contributed by atoms with E-state index in [-0.39, 0.29) is 5.69 Å². The largest absolute Gasteiger partial charge is 0.501 e. The molecule has 1 fully saturated rings. The fourth-order valence-corrected chi connectivity index (χ4v) is 2.48. The topological polar surface area (TPSA) is 117 Å². The summed E-state index contributed by atoms with van der Waals surface area (Å²) >= 11 is 0. The molecule has 3 heterocycles. The van der Waals surface area contributed by atoms with Crippen LogP contribution in [0.5, 0.6) is 5.75 Å². The summed E-state index contributed by atoms with van der Waals surface area (Å²) < 4.78 is 5.87. The third-order valence-electron chi connectivity index (χ3n) is 3.93. The lowest BCUT2D eigenvalue weighted by atomic mass is 10.3. The first-order valence-electron chi connectivity index (χ1n) is 7.41. The number of piperazine rings is 1. The third-order valence-corrected chi connectivity index (χ3v) is 3.93. The van der Waals surface area contributed by atoms with Gasteiger partial charge in [-0.3, -0.25) is 14.2 Å². The normalized spacial score (nSPS) is 15.5. The number of carbonyl (C=O) groups is 1. The van der Waals surface area contributed by atoms with Gasteiger partial charge in [0.2, 0.25) is 11.7 Å². The molecule has 1 amide bonds. The van der Waals surface area contributed by atoms with Crippen molar-refractivity contribution in [1.29, 1.82) is 0 Å². The molecule has 0 radical (unpaired) electrons. The third kappa shape index (κ3) is 2.95. The average Bonchev–Trinajstić information content (AvgIpc) is 3.07. The molecule has 0 aromatic carbocycles. The number of likely N-dealkylation sites (N-methyl/N-ethyl adjacent to an activating group) is 1. The molecule has 1 aliphatic rings. The smallest absolute Gasteiger partial charge is 0.297 e. The van der Waals surface area contributed by atoms with Crippen LogP contribution in [-0.4, -0.2) is 63.8 Å². The van der Waals surface area contributed by atoms with Gasteiger partial charge in [0.15, 0.2) is 5.69 Å². The van der Waals surface area contributed by atoms with E-state index in [0.717, 1.165) is 13.1 Å². The molecular formula is C14H18N6O4. The monoisotopic (exact) mass is 334 g/mol. The Labute approximate surface area is 137 Å². The molecule has 2 N–H and O–H groups in total. The van der Waals surface area contributed by atoms with Gasteiger partial charge in [-0.2, -0.15) is 0 Å². The van der Waals surface area contributed by atoms with Gasteiger partial charge >= 0.3 is 0 Å². The van der Waals surface area contributed by atoms with Crippen LogP contribution < -0.4 is 15.8 Å². The number of nitrogens with zero attached hydrogens (tertiary/aromatic N) is 5. The van der Waals surface area contributed by atoms with Crippen molar-refractivity contribution >= 4 is 17.5 Å². The summed E-state index contributed by atoms with van der Waals surface area (Å²) in [5.41, 5.74) is -0.689. The van der Waals surface area contributed by atoms with Crippen LogP contribution in [0.2, 0.25) is 0 Å². The van der Waals surface area contributed by atoms with Crippen molar-refractivity contribution in [2.24, 2.45) is 7.05 Å². The number of hydrogen-bond acceptors (Lipinski definition) is 8. The van der Waals surface area contributed by atoms with Crippen molar-refractivity contribution in [3.8, 4) is 5.75 Å². The van der Waals surface area contributed by atoms with E-state index in [1.807, 2.05) is 11.9 Å². The Morgan fingerprint density at radius 1 is 1.29 bits per heavy atom. The van der Waals surface area contributed by atoms with Gasteiger partial charge in [-0.15, -0.1) is 0 Å². The Kier molecular flexibility index (Phi) is 4.21. The zero-order chi connectivity index (χ0) is 17.3. The molecule has 2 aromatic heterocycles. The lowest BCUT2D eigenvalue weighted by molar-refractivity contribution is 0.101. The van der Waals surface area contributed by atoms with Crippen LogP contribution in [0.3, 0.4) is 0 Å². The first-order valence-corrected chi connectivity index (χ1v) is 7.41. The number of amides is 1. The van der Waals surface area contributed by atoms with Crippen LogP contribution in [0, 0.1) is 0 Å². The second-order valence-electron chi connectivity index (χ2n) is 5.63. The molecule has 0 unspecified atom stereocenters. The Balaban J connectivity index is 1.94. The Hall–Kier alpha value is -2.88. The fourth-order valence-electron chi connectivity index (χ4n) is 2.48. The first-order chi connectivity index (χ1) is 11.5. The minimum Gasteiger partial charge on any atom is -0.501 e. The molecule has 2 aromatic rings. The van der Waals surface area contributed by atoms with E-state index >= 15 is 0 Å². The van der Waals surface area contributed by atoms with E-state index in [2.05, 4.69) is 24.9 Å². The molecule has 0 saturated carbocycles. The summed E-state index contributed by atoms with van der Waals surface area (Å²) in [5.74, 6) is -1.05. The molecular weight excluding hydrogens is 316 g/mol. The molecule has 0 aliphatic carbocycles. The summed E-state index contributed by atoms with van der Waals surface area (Å²) in [5, 5.41) is 16.0. The lowest BCUT2D eigenvalue weighted by Crippen LogP contribution is -2.46. The van der Waals surface area contributed by atoms with Crippen LogP contribution in [0.1, 0.15) is 10.5 Å². The van der Waals surface area contributed by atoms with Crippen LogP contribution in [0.15, 0.2) is 21.8 Å². The van der Waals surface area contributed by atoms with E-state index in [1.54, 1.807) is 0 Å². The SMILES string of the molecule is CN1CCN(c2nc(C(=O)Nc3cnoc3)c(O)c(=O)n2C)CC1. The fraction of sp³-hybridized carbons (Fsp3) is 0.429. The Morgan fingerprint density at radius 3 is 2.62 bits per heavy atom. The predicted molar refractivity (Wildman–Crippen MR) is 85.3 cm³/mol. The van der Waals surface area contributed by atoms with Gasteiger partial charge in [0.1, 0.15) is 12.0 Å². The highest BCUT2D eigenvalue weighted by Crippen LogP contribution is 2.18. The molecule has 0 atom stereocenters. The average molecular weight is 334 g/mol. The molecule has 0 spiro atoms. The van der Waals surface area contributed by atoms with E-state index in [0.29, 0.717) is 24.7 Å². The van der Waals surface area contributed by atoms with Crippen LogP contribution >= 0.6 is 0 Å². The molecule has 10 heteroatoms. The van der Waals surface area contributed by atoms with E-state index in [9.17, 15) is 14.7 Å². The number of aromatic hydroxyl groups is 1. The second kappa shape index (κ2) is 6.32. The van der Waals surface area contributed by atoms with Crippen molar-refractivity contribution in [2.45, 2.75) is 0 Å². The molecule has 0 bridgehead atoms. The summed E-state index contributed by atoms with van der Waals surface area (Å²) in [6.45, 7) is 2.99. The number of aromatic nitrogens is 3. The number of anilines is 2. The van der Waals surface area contributed by atoms with Gasteiger partial charge in [0.05, 0.1) is 6.20 Å². The Morgan fingerprint density at radius 2 is 2.00 bits per heavy atom. The maximum Gasteiger partial charge on any atom is 0.297 e. The zero-order valence-electron chi connectivity index (χ0n) is 13.4. The molecule has 1 saturated heterocycles. The summed E-state index contributed by atoms with van der Waals surface area (Å²) in [7, 11) is 3.53. The highest BCUT2D eigenvalue weighted by Gasteiger charge is 2.24. The van der Waals surface area contributed by atoms with Crippen molar-refractivity contribution in [3.63, 3.8) is 0 Å². The minimum atomic E-state index is -0.705. The molecule has 24 heavy (non-hydrogen) atoms. The zero-order valence-corrected chi connectivity index (χ0v) is 13.4. The highest BCUT2D eigenvalue weighted by molar-refractivity contribution is 6.04. The van der Waals surface area contributed by atoms with E-state index < -0.39 is 17.2 Å². The maximum atomic E-state index is 12.3. The Bertz CT molecular complexity index is 792. The van der Waals surface area contributed by atoms with Gasteiger partial charge in [-0.05, 0) is 7.05 Å². The molecule has 3 rings (SSSR count). The summed E-state index contributed by atoms with van der Waals surface area (Å²) in [4.78, 5) is 32.8. The van der Waals surface area contributed by atoms with Crippen molar-refractivity contribution in [3.05, 3.63) is 28.5 Å². The first kappa shape index (κ1) is 16.0. The van der Waals surface area contributed by atoms with Gasteiger partial charge in [-0.1, -0.05) is 5.16 Å². The summed E-state index contributed by atoms with van der Waals surface area (Å²) in [6, 6.07) is 0. The second-order valence-corrected chi connectivity index (χ2v) is 5.63. The molecule has 10 nitrogen and oxygen atoms in total. The van der Waals surface area contributed by atoms with Crippen LogP contribution in [0.4, 0.5) is 11.6 Å². The van der Waals surface area contributed by atoms with Gasteiger partial charge in [0, 0.05) is 33.2 Å². The predicted octanol–water partition coefficient (Wildman–Crippen LogP) is -0.522. The number of hydrogen-bond donors (Lipinski definition) is 2. The van der Waals surface area contributed by atoms with Crippen LogP contribution in [-0.2, 0) is 7.05 Å². The number of carbonyl (C=O) groups excluding carboxylic acids is 1. The lowest BCUT2D eigenvalue weighted by Gasteiger charge is -2.33. The van der Waals surface area contributed by atoms with E-state index in [1.165, 1.54) is 24.1 Å². The van der Waals surface area contributed by atoms with Gasteiger partial charge in [0.25, 0.3) is 11.5 Å². The standard InChI is InChI=1S/C14H18N6O4/c1-18-3-5-20(6-4-18)14-17-10(11(21)13(23)19(14)2)12(22)16-9-7-15-24-8-9/h7-8,21H,3-6H2,1-2H3,(H,16,22). The quantitative estimate of drug-likeness (QED) is 0.770. The minimum absolute atomic E-state index is 0.308. The van der Waals surface area contributed by atoms with Gasteiger partial charge < -0.3 is 24.7 Å².